The molecular formula is C21H19Cl2F3N4O2S. The standard InChI is InChI=1S/C21H19Cl2F3N4O2S/c1-3-30-19(12(2)32-17-7-5-4-6-15(17)23)28-29-20(30)33-11-18(31)27-16-10-13(21(24,25)26)8-9-14(16)22/h4-10,12H,3,11H2,1-2H3,(H,27,31). The topological polar surface area (TPSA) is 69.0 Å². The van der Waals surface area contributed by atoms with Gasteiger partial charge >= 0.3 is 6.18 Å². The van der Waals surface area contributed by atoms with Gasteiger partial charge in [0, 0.05) is 6.54 Å². The first kappa shape index (κ1) is 25.2. The number of hydrogen-bond donors (Lipinski definition) is 1. The average Bonchev–Trinajstić information content (AvgIpc) is 3.17. The fraction of sp³-hybridized carbons (Fsp3) is 0.286. The molecule has 1 heterocycles. The highest BCUT2D eigenvalue weighted by Gasteiger charge is 2.31. The second-order valence-corrected chi connectivity index (χ2v) is 8.56. The van der Waals surface area contributed by atoms with Crippen LogP contribution in [0.1, 0.15) is 31.3 Å². The fourth-order valence-corrected chi connectivity index (χ4v) is 4.06. The van der Waals surface area contributed by atoms with Crippen LogP contribution in [0, 0.1) is 0 Å². The Morgan fingerprint density at radius 3 is 2.58 bits per heavy atom. The minimum Gasteiger partial charge on any atom is -0.481 e. The smallest absolute Gasteiger partial charge is 0.416 e. The van der Waals surface area contributed by atoms with Crippen molar-refractivity contribution in [2.24, 2.45) is 0 Å². The largest absolute Gasteiger partial charge is 0.481 e. The van der Waals surface area contributed by atoms with Gasteiger partial charge in [0.25, 0.3) is 0 Å². The van der Waals surface area contributed by atoms with Gasteiger partial charge in [-0.05, 0) is 44.2 Å². The Morgan fingerprint density at radius 2 is 1.91 bits per heavy atom. The van der Waals surface area contributed by atoms with Gasteiger partial charge in [-0.3, -0.25) is 4.79 Å². The van der Waals surface area contributed by atoms with Crippen molar-refractivity contribution in [3.8, 4) is 5.75 Å². The predicted octanol–water partition coefficient (Wildman–Crippen LogP) is 6.49. The summed E-state index contributed by atoms with van der Waals surface area (Å²) in [5, 5.41) is 11.6. The molecular weight excluding hydrogens is 500 g/mol. The summed E-state index contributed by atoms with van der Waals surface area (Å²) >= 11 is 13.2. The maximum Gasteiger partial charge on any atom is 0.416 e. The zero-order valence-electron chi connectivity index (χ0n) is 17.5. The normalized spacial score (nSPS) is 12.5. The van der Waals surface area contributed by atoms with Crippen molar-refractivity contribution in [2.45, 2.75) is 37.8 Å². The molecule has 0 aliphatic rings. The third-order valence-corrected chi connectivity index (χ3v) is 6.07. The molecule has 1 amide bonds. The zero-order chi connectivity index (χ0) is 24.2. The van der Waals surface area contributed by atoms with Crippen molar-refractivity contribution < 1.29 is 22.7 Å². The first-order chi connectivity index (χ1) is 15.6. The number of carbonyl (C=O) groups is 1. The number of benzene rings is 2. The SMILES string of the molecule is CCn1c(SCC(=O)Nc2cc(C(F)(F)F)ccc2Cl)nnc1C(C)Oc1ccccc1Cl. The lowest BCUT2D eigenvalue weighted by molar-refractivity contribution is -0.137. The van der Waals surface area contributed by atoms with Gasteiger partial charge < -0.3 is 14.6 Å². The molecule has 0 aliphatic heterocycles. The van der Waals surface area contributed by atoms with Crippen LogP contribution in [-0.2, 0) is 17.5 Å². The molecule has 0 radical (unpaired) electrons. The van der Waals surface area contributed by atoms with Gasteiger partial charge in [-0.25, -0.2) is 0 Å². The summed E-state index contributed by atoms with van der Waals surface area (Å²) < 4.78 is 46.4. The van der Waals surface area contributed by atoms with Crippen molar-refractivity contribution in [2.75, 3.05) is 11.1 Å². The number of halogens is 5. The Balaban J connectivity index is 1.67. The molecule has 0 saturated carbocycles. The molecule has 1 aromatic heterocycles. The molecule has 2 aromatic carbocycles. The van der Waals surface area contributed by atoms with Crippen LogP contribution in [0.15, 0.2) is 47.6 Å². The van der Waals surface area contributed by atoms with E-state index in [1.54, 1.807) is 35.8 Å². The van der Waals surface area contributed by atoms with Gasteiger partial charge in [-0.1, -0.05) is 47.1 Å². The van der Waals surface area contributed by atoms with Crippen LogP contribution >= 0.6 is 35.0 Å². The van der Waals surface area contributed by atoms with Gasteiger partial charge in [0.1, 0.15) is 5.75 Å². The molecule has 6 nitrogen and oxygen atoms in total. The molecule has 33 heavy (non-hydrogen) atoms. The Kier molecular flexibility index (Phi) is 8.14. The second kappa shape index (κ2) is 10.7. The van der Waals surface area contributed by atoms with E-state index in [0.29, 0.717) is 28.3 Å². The molecule has 0 aliphatic carbocycles. The van der Waals surface area contributed by atoms with E-state index in [1.165, 1.54) is 0 Å². The number of nitrogens with one attached hydrogen (secondary N) is 1. The van der Waals surface area contributed by atoms with E-state index in [4.69, 9.17) is 27.9 Å². The predicted molar refractivity (Wildman–Crippen MR) is 122 cm³/mol. The monoisotopic (exact) mass is 518 g/mol. The Morgan fingerprint density at radius 1 is 1.18 bits per heavy atom. The van der Waals surface area contributed by atoms with Gasteiger partial charge in [-0.2, -0.15) is 13.2 Å². The van der Waals surface area contributed by atoms with E-state index in [9.17, 15) is 18.0 Å². The van der Waals surface area contributed by atoms with E-state index in [0.717, 1.165) is 30.0 Å². The first-order valence-electron chi connectivity index (χ1n) is 9.73. The summed E-state index contributed by atoms with van der Waals surface area (Å²) in [6.07, 6.45) is -5.01. The van der Waals surface area contributed by atoms with E-state index in [1.807, 2.05) is 6.92 Å². The minimum absolute atomic E-state index is 0.00547. The zero-order valence-corrected chi connectivity index (χ0v) is 19.8. The third kappa shape index (κ3) is 6.33. The van der Waals surface area contributed by atoms with Crippen molar-refractivity contribution in [1.82, 2.24) is 14.8 Å². The molecule has 0 saturated heterocycles. The number of alkyl halides is 3. The Hall–Kier alpha value is -2.43. The van der Waals surface area contributed by atoms with Gasteiger partial charge in [0.15, 0.2) is 17.1 Å². The van der Waals surface area contributed by atoms with Crippen molar-refractivity contribution in [3.05, 3.63) is 63.9 Å². The first-order valence-corrected chi connectivity index (χ1v) is 11.5. The highest BCUT2D eigenvalue weighted by atomic mass is 35.5. The maximum atomic E-state index is 12.9. The number of hydrogen-bond acceptors (Lipinski definition) is 5. The van der Waals surface area contributed by atoms with Gasteiger partial charge in [0.05, 0.1) is 27.0 Å². The molecule has 1 N–H and O–H groups in total. The Labute approximate surface area is 202 Å². The quantitative estimate of drug-likeness (QED) is 0.345. The number of para-hydroxylation sites is 1. The highest BCUT2D eigenvalue weighted by molar-refractivity contribution is 7.99. The van der Waals surface area contributed by atoms with Crippen LogP contribution in [0.3, 0.4) is 0 Å². The lowest BCUT2D eigenvalue weighted by atomic mass is 10.2. The summed E-state index contributed by atoms with van der Waals surface area (Å²) in [6.45, 7) is 4.21. The van der Waals surface area contributed by atoms with Gasteiger partial charge in [-0.15, -0.1) is 10.2 Å². The van der Waals surface area contributed by atoms with E-state index in [-0.39, 0.29) is 16.5 Å². The molecule has 0 bridgehead atoms. The molecule has 1 atom stereocenters. The summed E-state index contributed by atoms with van der Waals surface area (Å²) in [5.74, 6) is 0.406. The number of amides is 1. The number of ether oxygens (including phenoxy) is 1. The molecule has 1 unspecified atom stereocenters. The molecule has 3 rings (SSSR count). The summed E-state index contributed by atoms with van der Waals surface area (Å²) in [7, 11) is 0. The Bertz CT molecular complexity index is 1140. The molecule has 176 valence electrons. The number of carbonyl (C=O) groups excluding carboxylic acids is 1. The maximum absolute atomic E-state index is 12.9. The summed E-state index contributed by atoms with van der Waals surface area (Å²) in [6, 6.07) is 9.79. The van der Waals surface area contributed by atoms with E-state index >= 15 is 0 Å². The van der Waals surface area contributed by atoms with E-state index in [2.05, 4.69) is 15.5 Å². The lowest BCUT2D eigenvalue weighted by Crippen LogP contribution is -2.16. The number of aromatic nitrogens is 3. The van der Waals surface area contributed by atoms with Crippen LogP contribution < -0.4 is 10.1 Å². The number of thioether (sulfide) groups is 1. The third-order valence-electron chi connectivity index (χ3n) is 4.47. The van der Waals surface area contributed by atoms with Crippen LogP contribution in [0.25, 0.3) is 0 Å². The van der Waals surface area contributed by atoms with Crippen LogP contribution in [0.2, 0.25) is 10.0 Å². The van der Waals surface area contributed by atoms with E-state index < -0.39 is 23.8 Å². The molecule has 0 fully saturated rings. The highest BCUT2D eigenvalue weighted by Crippen LogP contribution is 2.34. The van der Waals surface area contributed by atoms with Crippen LogP contribution in [0.4, 0.5) is 18.9 Å². The second-order valence-electron chi connectivity index (χ2n) is 6.80. The van der Waals surface area contributed by atoms with Crippen molar-refractivity contribution in [1.29, 1.82) is 0 Å². The molecule has 12 heteroatoms. The van der Waals surface area contributed by atoms with Crippen LogP contribution in [0.5, 0.6) is 5.75 Å². The average molecular weight is 519 g/mol. The number of rotatable bonds is 8. The fourth-order valence-electron chi connectivity index (χ4n) is 2.90. The summed E-state index contributed by atoms with van der Waals surface area (Å²) in [5.41, 5.74) is -1.02. The van der Waals surface area contributed by atoms with Gasteiger partial charge in [0.2, 0.25) is 5.91 Å². The summed E-state index contributed by atoms with van der Waals surface area (Å²) in [4.78, 5) is 12.3. The minimum atomic E-state index is -4.55. The van der Waals surface area contributed by atoms with Crippen LogP contribution in [-0.4, -0.2) is 26.4 Å². The lowest BCUT2D eigenvalue weighted by Gasteiger charge is -2.16. The molecule has 0 spiro atoms. The number of anilines is 1. The van der Waals surface area contributed by atoms with Crippen molar-refractivity contribution in [3.63, 3.8) is 0 Å². The number of nitrogens with zero attached hydrogens (tertiary/aromatic N) is 3. The van der Waals surface area contributed by atoms with Crippen molar-refractivity contribution >= 4 is 46.6 Å². The molecule has 3 aromatic rings.